The first-order chi connectivity index (χ1) is 32.5. The Kier molecular flexibility index (Phi) is 13.4. The van der Waals surface area contributed by atoms with Gasteiger partial charge in [0.1, 0.15) is 0 Å². The Balaban J connectivity index is 0.000000180. The van der Waals surface area contributed by atoms with Crippen molar-refractivity contribution >= 4 is 148 Å². The Hall–Kier alpha value is -3.31. The molecule has 0 unspecified atom stereocenters. The van der Waals surface area contributed by atoms with Crippen LogP contribution >= 0.6 is 148 Å². The highest BCUT2D eigenvalue weighted by atomic mass is 35.5. The minimum atomic E-state index is 0.860. The van der Waals surface area contributed by atoms with Gasteiger partial charge in [-0.3, -0.25) is 0 Å². The standard InChI is InChI=1S/C36H26S8.C18H13ClS4/c1-19-17-33(43-35(19)31-15-13-29(41-31)27-11-9-25(39-27)23-7-5-21(3)37-23)34-18-20(2)36(44-34)32-16-14-30(42-32)28-12-10-26(40-28)24-8-6-22(4)38-24;1-10-9-17(19)23-18(10)16-8-7-15(22-16)14-6-5-13(21-14)12-4-3-11(2)20-12/h5-18H,1-4H3;3-9H,1-2H3. The van der Waals surface area contributed by atoms with Crippen LogP contribution in [-0.4, -0.2) is 0 Å². The SMILES string of the molecule is Cc1ccc(-c2ccc(-c3ccc(-c4sc(-c5cc(C)c(-c6ccc(-c7ccc(-c8ccc(C)s8)s7)s6)s5)cc4C)s3)s2)s1.Cc1ccc(-c2ccc(-c3ccc(-c4sc(Cl)cc4C)s3)s2)s1. The predicted octanol–water partition coefficient (Wildman–Crippen LogP) is 23.3. The molecule has 12 aromatic heterocycles. The molecule has 0 saturated carbocycles. The van der Waals surface area contributed by atoms with Crippen molar-refractivity contribution in [3.05, 3.63) is 163 Å². The molecule has 0 fully saturated rings. The van der Waals surface area contributed by atoms with Gasteiger partial charge in [0.05, 0.1) is 4.34 Å². The summed E-state index contributed by atoms with van der Waals surface area (Å²) in [4.78, 5) is 31.1. The van der Waals surface area contributed by atoms with Crippen molar-refractivity contribution in [2.75, 3.05) is 0 Å². The topological polar surface area (TPSA) is 0 Å². The van der Waals surface area contributed by atoms with E-state index in [9.17, 15) is 0 Å². The summed E-state index contributed by atoms with van der Waals surface area (Å²) >= 11 is 28.6. The first-order valence-corrected chi connectivity index (χ1v) is 31.4. The highest BCUT2D eigenvalue weighted by molar-refractivity contribution is 7.32. The minimum absolute atomic E-state index is 0.860. The number of halogens is 1. The largest absolute Gasteiger partial charge is 0.140 e. The van der Waals surface area contributed by atoms with E-state index in [1.807, 2.05) is 131 Å². The molecule has 0 nitrogen and oxygen atoms in total. The smallest absolute Gasteiger partial charge is 0.0937 e. The van der Waals surface area contributed by atoms with Crippen LogP contribution in [0.2, 0.25) is 4.34 Å². The summed E-state index contributed by atoms with van der Waals surface area (Å²) < 4.78 is 0.860. The lowest BCUT2D eigenvalue weighted by atomic mass is 10.2. The van der Waals surface area contributed by atoms with Crippen LogP contribution in [0.3, 0.4) is 0 Å². The molecule has 0 atom stereocenters. The third kappa shape index (κ3) is 9.78. The molecule has 0 saturated heterocycles. The Morgan fingerprint density at radius 3 is 0.701 bits per heavy atom. The van der Waals surface area contributed by atoms with E-state index in [0.29, 0.717) is 0 Å². The van der Waals surface area contributed by atoms with Gasteiger partial charge in [0, 0.05) is 112 Å². The van der Waals surface area contributed by atoms with Crippen molar-refractivity contribution in [1.29, 1.82) is 0 Å². The van der Waals surface area contributed by atoms with Gasteiger partial charge in [-0.05, 0) is 186 Å². The molecule has 0 aromatic carbocycles. The van der Waals surface area contributed by atoms with Gasteiger partial charge in [0.2, 0.25) is 0 Å². The summed E-state index contributed by atoms with van der Waals surface area (Å²) in [5.74, 6) is 0. The zero-order chi connectivity index (χ0) is 45.9. The van der Waals surface area contributed by atoms with Crippen LogP contribution in [0, 0.1) is 41.5 Å². The van der Waals surface area contributed by atoms with Crippen molar-refractivity contribution in [2.24, 2.45) is 0 Å². The zero-order valence-corrected chi connectivity index (χ0v) is 47.5. The normalized spacial score (nSPS) is 11.5. The van der Waals surface area contributed by atoms with E-state index in [-0.39, 0.29) is 0 Å². The van der Waals surface area contributed by atoms with E-state index < -0.39 is 0 Å². The van der Waals surface area contributed by atoms with Crippen molar-refractivity contribution in [3.63, 3.8) is 0 Å². The van der Waals surface area contributed by atoms with Crippen LogP contribution in [0.5, 0.6) is 0 Å². The van der Waals surface area contributed by atoms with E-state index in [0.717, 1.165) is 4.34 Å². The quantitative estimate of drug-likeness (QED) is 0.128. The Morgan fingerprint density at radius 2 is 0.448 bits per heavy atom. The number of thiophene rings is 12. The summed E-state index contributed by atoms with van der Waals surface area (Å²) in [7, 11) is 0. The van der Waals surface area contributed by atoms with E-state index in [4.69, 9.17) is 11.6 Å². The van der Waals surface area contributed by atoms with Crippen LogP contribution in [0.15, 0.2) is 127 Å². The van der Waals surface area contributed by atoms with Gasteiger partial charge in [0.15, 0.2) is 0 Å². The highest BCUT2D eigenvalue weighted by Crippen LogP contribution is 2.50. The third-order valence-electron chi connectivity index (χ3n) is 11.0. The summed E-state index contributed by atoms with van der Waals surface area (Å²) in [5.41, 5.74) is 3.98. The van der Waals surface area contributed by atoms with Crippen molar-refractivity contribution in [1.82, 2.24) is 0 Å². The summed E-state index contributed by atoms with van der Waals surface area (Å²) in [6.45, 7) is 13.2. The number of hydrogen-bond acceptors (Lipinski definition) is 12. The van der Waals surface area contributed by atoms with Gasteiger partial charge in [-0.2, -0.15) is 0 Å². The summed E-state index contributed by atoms with van der Waals surface area (Å²) in [6.07, 6.45) is 0. The molecular weight excluding hydrogens is 1070 g/mol. The van der Waals surface area contributed by atoms with Gasteiger partial charge in [-0.15, -0.1) is 136 Å². The monoisotopic (exact) mass is 1110 g/mol. The Labute approximate surface area is 444 Å². The van der Waals surface area contributed by atoms with Gasteiger partial charge < -0.3 is 0 Å². The van der Waals surface area contributed by atoms with Gasteiger partial charge in [0.25, 0.3) is 0 Å². The molecule has 0 aliphatic carbocycles. The Bertz CT molecular complexity index is 3490. The molecule has 0 aliphatic rings. The van der Waals surface area contributed by atoms with E-state index in [1.165, 1.54) is 129 Å². The van der Waals surface area contributed by atoms with Gasteiger partial charge in [-0.1, -0.05) is 11.6 Å². The molecule has 12 rings (SSSR count). The van der Waals surface area contributed by atoms with E-state index in [1.54, 1.807) is 11.3 Å². The molecule has 0 aliphatic heterocycles. The fourth-order valence-corrected chi connectivity index (χ4v) is 21.1. The molecule has 12 heterocycles. The molecule has 334 valence electrons. The summed E-state index contributed by atoms with van der Waals surface area (Å²) in [6, 6.07) is 47.4. The second-order valence-corrected chi connectivity index (χ2v) is 30.2. The average Bonchev–Trinajstić information content (AvgIpc) is 4.14. The van der Waals surface area contributed by atoms with E-state index in [2.05, 4.69) is 163 Å². The molecule has 0 amide bonds. The number of aryl methyl sites for hydroxylation is 6. The molecule has 67 heavy (non-hydrogen) atoms. The minimum Gasteiger partial charge on any atom is -0.140 e. The lowest BCUT2D eigenvalue weighted by Gasteiger charge is -1.95. The average molecular weight is 1110 g/mol. The van der Waals surface area contributed by atoms with Crippen molar-refractivity contribution < 1.29 is 0 Å². The fraction of sp³-hybridized carbons (Fsp3) is 0.111. The highest BCUT2D eigenvalue weighted by Gasteiger charge is 2.19. The second-order valence-electron chi connectivity index (χ2n) is 16.0. The molecule has 0 N–H and O–H groups in total. The maximum atomic E-state index is 6.14. The van der Waals surface area contributed by atoms with E-state index >= 15 is 0 Å². The van der Waals surface area contributed by atoms with Gasteiger partial charge >= 0.3 is 0 Å². The molecule has 0 spiro atoms. The first kappa shape index (κ1) is 46.1. The van der Waals surface area contributed by atoms with Crippen LogP contribution in [0.4, 0.5) is 0 Å². The molecule has 13 heteroatoms. The van der Waals surface area contributed by atoms with Crippen molar-refractivity contribution in [2.45, 2.75) is 41.5 Å². The second kappa shape index (κ2) is 19.5. The Morgan fingerprint density at radius 1 is 0.224 bits per heavy atom. The van der Waals surface area contributed by atoms with Crippen LogP contribution < -0.4 is 0 Å². The van der Waals surface area contributed by atoms with Crippen LogP contribution in [0.25, 0.3) is 97.5 Å². The fourth-order valence-electron chi connectivity index (χ4n) is 7.67. The van der Waals surface area contributed by atoms with Crippen molar-refractivity contribution in [3.8, 4) is 97.5 Å². The lowest BCUT2D eigenvalue weighted by Crippen LogP contribution is -1.67. The summed E-state index contributed by atoms with van der Waals surface area (Å²) in [5, 5.41) is 0. The maximum Gasteiger partial charge on any atom is 0.0937 e. The van der Waals surface area contributed by atoms with Crippen LogP contribution in [-0.2, 0) is 0 Å². The van der Waals surface area contributed by atoms with Gasteiger partial charge in [-0.25, -0.2) is 0 Å². The number of rotatable bonds is 10. The third-order valence-corrected chi connectivity index (χ3v) is 26.2. The lowest BCUT2D eigenvalue weighted by molar-refractivity contribution is 1.54. The molecule has 0 bridgehead atoms. The molecular formula is C54H39ClS12. The molecule has 12 aromatic rings. The zero-order valence-electron chi connectivity index (χ0n) is 36.9. The predicted molar refractivity (Wildman–Crippen MR) is 315 cm³/mol. The maximum absolute atomic E-state index is 6.14. The number of hydrogen-bond donors (Lipinski definition) is 0. The van der Waals surface area contributed by atoms with Crippen LogP contribution in [0.1, 0.15) is 31.3 Å². The first-order valence-electron chi connectivity index (χ1n) is 21.3. The molecule has 0 radical (unpaired) electrons.